The van der Waals surface area contributed by atoms with Gasteiger partial charge in [-0.15, -0.1) is 0 Å². The molecule has 0 aliphatic carbocycles. The third-order valence-corrected chi connectivity index (χ3v) is 2.67. The lowest BCUT2D eigenvalue weighted by atomic mass is 10.2. The highest BCUT2D eigenvalue weighted by Crippen LogP contribution is 2.24. The van der Waals surface area contributed by atoms with Gasteiger partial charge in [-0.05, 0) is 6.08 Å². The zero-order valence-electron chi connectivity index (χ0n) is 8.61. The van der Waals surface area contributed by atoms with E-state index >= 15 is 0 Å². The van der Waals surface area contributed by atoms with Crippen LogP contribution in [-0.4, -0.2) is 52.4 Å². The first-order valence-electron chi connectivity index (χ1n) is 5.09. The van der Waals surface area contributed by atoms with E-state index < -0.39 is 24.6 Å². The summed E-state index contributed by atoms with van der Waals surface area (Å²) in [5.74, 6) is 0. The van der Waals surface area contributed by atoms with Gasteiger partial charge < -0.3 is 26.0 Å². The van der Waals surface area contributed by atoms with E-state index in [2.05, 4.69) is 5.32 Å². The molecule has 5 N–H and O–H groups in total. The highest BCUT2D eigenvalue weighted by molar-refractivity contribution is 5.77. The van der Waals surface area contributed by atoms with Gasteiger partial charge in [-0.3, -0.25) is 4.90 Å². The lowest BCUT2D eigenvalue weighted by molar-refractivity contribution is -0.0542. The summed E-state index contributed by atoms with van der Waals surface area (Å²) in [6, 6.07) is -0.370. The molecule has 7 heteroatoms. The lowest BCUT2D eigenvalue weighted by Gasteiger charge is -2.29. The van der Waals surface area contributed by atoms with Crippen molar-refractivity contribution in [3.8, 4) is 0 Å². The van der Waals surface area contributed by atoms with Crippen molar-refractivity contribution in [2.45, 2.75) is 31.0 Å². The van der Waals surface area contributed by atoms with E-state index in [1.54, 1.807) is 6.08 Å². The summed E-state index contributed by atoms with van der Waals surface area (Å²) < 4.78 is 5.34. The summed E-state index contributed by atoms with van der Waals surface area (Å²) in [6.07, 6.45) is 0.968. The number of hydrogen-bond donors (Lipinski definition) is 4. The van der Waals surface area contributed by atoms with Gasteiger partial charge in [0.2, 0.25) is 0 Å². The molecule has 4 atom stereocenters. The molecular weight excluding hydrogens is 214 g/mol. The Morgan fingerprint density at radius 3 is 3.00 bits per heavy atom. The fraction of sp³-hybridized carbons (Fsp3) is 0.667. The Morgan fingerprint density at radius 1 is 1.69 bits per heavy atom. The van der Waals surface area contributed by atoms with Gasteiger partial charge in [-0.2, -0.15) is 0 Å². The molecule has 2 heterocycles. The Hall–Kier alpha value is -1.15. The number of ether oxygens (including phenoxy) is 1. The van der Waals surface area contributed by atoms with Crippen molar-refractivity contribution in [1.29, 1.82) is 0 Å². The van der Waals surface area contributed by atoms with E-state index in [0.29, 0.717) is 0 Å². The van der Waals surface area contributed by atoms with Crippen LogP contribution in [0.5, 0.6) is 0 Å². The largest absolute Gasteiger partial charge is 0.394 e. The van der Waals surface area contributed by atoms with Gasteiger partial charge >= 0.3 is 6.03 Å². The number of nitrogens with one attached hydrogen (secondary N) is 1. The van der Waals surface area contributed by atoms with Crippen LogP contribution < -0.4 is 11.1 Å². The molecule has 2 amide bonds. The van der Waals surface area contributed by atoms with Crippen LogP contribution in [-0.2, 0) is 4.74 Å². The minimum Gasteiger partial charge on any atom is -0.394 e. The number of aliphatic hydroxyl groups excluding tert-OH is 2. The maximum absolute atomic E-state index is 11.6. The first-order chi connectivity index (χ1) is 7.61. The predicted molar refractivity (Wildman–Crippen MR) is 53.9 cm³/mol. The van der Waals surface area contributed by atoms with Crippen LogP contribution in [0.3, 0.4) is 0 Å². The maximum Gasteiger partial charge on any atom is 0.325 e. The summed E-state index contributed by atoms with van der Waals surface area (Å²) in [5, 5.41) is 21.0. The average molecular weight is 229 g/mol. The van der Waals surface area contributed by atoms with Gasteiger partial charge in [0.15, 0.2) is 0 Å². The molecule has 0 aromatic rings. The Bertz CT molecular complexity index is 309. The molecule has 0 spiro atoms. The van der Waals surface area contributed by atoms with E-state index in [0.717, 1.165) is 0 Å². The van der Waals surface area contributed by atoms with Crippen LogP contribution >= 0.6 is 0 Å². The quantitative estimate of drug-likeness (QED) is 0.450. The number of hydrogen-bond acceptors (Lipinski definition) is 5. The van der Waals surface area contributed by atoms with Crippen LogP contribution in [0.4, 0.5) is 4.79 Å². The smallest absolute Gasteiger partial charge is 0.325 e. The second-order valence-corrected chi connectivity index (χ2v) is 3.84. The SMILES string of the molecule is NC1C=CN([C@H]2CC(O)[C@@H](CO)O2)C(=O)N1. The highest BCUT2D eigenvalue weighted by atomic mass is 16.5. The van der Waals surface area contributed by atoms with Crippen LogP contribution in [0.2, 0.25) is 0 Å². The molecule has 0 aromatic heterocycles. The third kappa shape index (κ3) is 2.03. The highest BCUT2D eigenvalue weighted by Gasteiger charge is 2.38. The van der Waals surface area contributed by atoms with Crippen LogP contribution in [0.15, 0.2) is 12.3 Å². The monoisotopic (exact) mass is 229 g/mol. The van der Waals surface area contributed by atoms with Gasteiger partial charge in [-0.1, -0.05) is 0 Å². The Balaban J connectivity index is 2.04. The number of aliphatic hydroxyl groups is 2. The molecule has 90 valence electrons. The molecule has 2 unspecified atom stereocenters. The first kappa shape index (κ1) is 11.3. The molecular formula is C9H15N3O4. The molecule has 7 nitrogen and oxygen atoms in total. The van der Waals surface area contributed by atoms with E-state index in [-0.39, 0.29) is 19.1 Å². The van der Waals surface area contributed by atoms with Crippen molar-refractivity contribution in [3.05, 3.63) is 12.3 Å². The number of nitrogens with two attached hydrogens (primary N) is 1. The zero-order chi connectivity index (χ0) is 11.7. The molecule has 0 saturated carbocycles. The molecule has 0 bridgehead atoms. The Kier molecular flexibility index (Phi) is 3.10. The van der Waals surface area contributed by atoms with Gasteiger partial charge in [0.25, 0.3) is 0 Å². The van der Waals surface area contributed by atoms with Crippen molar-refractivity contribution >= 4 is 6.03 Å². The summed E-state index contributed by atoms with van der Waals surface area (Å²) in [6.45, 7) is -0.268. The van der Waals surface area contributed by atoms with Crippen molar-refractivity contribution in [2.75, 3.05) is 6.61 Å². The summed E-state index contributed by atoms with van der Waals surface area (Å²) >= 11 is 0. The van der Waals surface area contributed by atoms with Crippen LogP contribution in [0.25, 0.3) is 0 Å². The Morgan fingerprint density at radius 2 is 2.44 bits per heavy atom. The lowest BCUT2D eigenvalue weighted by Crippen LogP contribution is -2.52. The average Bonchev–Trinajstić information content (AvgIpc) is 2.59. The van der Waals surface area contributed by atoms with Gasteiger partial charge in [0.1, 0.15) is 12.3 Å². The van der Waals surface area contributed by atoms with Crippen LogP contribution in [0, 0.1) is 0 Å². The van der Waals surface area contributed by atoms with E-state index in [1.165, 1.54) is 11.1 Å². The number of nitrogens with zero attached hydrogens (tertiary/aromatic N) is 1. The van der Waals surface area contributed by atoms with Gasteiger partial charge in [0.05, 0.1) is 18.9 Å². The minimum atomic E-state index is -0.758. The maximum atomic E-state index is 11.6. The molecule has 1 fully saturated rings. The van der Waals surface area contributed by atoms with E-state index in [9.17, 15) is 9.90 Å². The van der Waals surface area contributed by atoms with Crippen molar-refractivity contribution in [1.82, 2.24) is 10.2 Å². The van der Waals surface area contributed by atoms with Crippen molar-refractivity contribution in [2.24, 2.45) is 5.73 Å². The van der Waals surface area contributed by atoms with Gasteiger partial charge in [-0.25, -0.2) is 4.79 Å². The number of urea groups is 1. The van der Waals surface area contributed by atoms with Crippen molar-refractivity contribution < 1.29 is 19.7 Å². The summed E-state index contributed by atoms with van der Waals surface area (Å²) in [7, 11) is 0. The first-order valence-corrected chi connectivity index (χ1v) is 5.09. The second-order valence-electron chi connectivity index (χ2n) is 3.84. The normalized spacial score (nSPS) is 38.9. The summed E-state index contributed by atoms with van der Waals surface area (Å²) in [5.41, 5.74) is 5.49. The van der Waals surface area contributed by atoms with Crippen LogP contribution in [0.1, 0.15) is 6.42 Å². The van der Waals surface area contributed by atoms with E-state index in [1.807, 2.05) is 0 Å². The molecule has 2 rings (SSSR count). The molecule has 1 saturated heterocycles. The number of rotatable bonds is 2. The molecule has 0 radical (unpaired) electrons. The minimum absolute atomic E-state index is 0.268. The van der Waals surface area contributed by atoms with Crippen molar-refractivity contribution in [3.63, 3.8) is 0 Å². The zero-order valence-corrected chi connectivity index (χ0v) is 8.61. The molecule has 0 aromatic carbocycles. The summed E-state index contributed by atoms with van der Waals surface area (Å²) in [4.78, 5) is 12.9. The second kappa shape index (κ2) is 4.38. The van der Waals surface area contributed by atoms with Gasteiger partial charge in [0, 0.05) is 12.6 Å². The fourth-order valence-corrected chi connectivity index (χ4v) is 1.80. The Labute approximate surface area is 92.5 Å². The number of carbonyl (C=O) groups is 1. The molecule has 16 heavy (non-hydrogen) atoms. The fourth-order valence-electron chi connectivity index (χ4n) is 1.80. The molecule has 2 aliphatic rings. The predicted octanol–water partition coefficient (Wildman–Crippen LogP) is -1.72. The standard InChI is InChI=1S/C9H15N3O4/c10-7-1-2-12(9(15)11-7)8-3-5(14)6(4-13)16-8/h1-2,5-8,13-14H,3-4,10H2,(H,11,15)/t5?,6-,7?,8-/m1/s1. The number of amides is 2. The molecule has 2 aliphatic heterocycles. The topological polar surface area (TPSA) is 108 Å². The third-order valence-electron chi connectivity index (χ3n) is 2.67. The number of carbonyl (C=O) groups excluding carboxylic acids is 1. The van der Waals surface area contributed by atoms with E-state index in [4.69, 9.17) is 15.6 Å².